The van der Waals surface area contributed by atoms with Crippen molar-refractivity contribution < 1.29 is 13.3 Å². The van der Waals surface area contributed by atoms with Gasteiger partial charge in [0, 0.05) is 18.5 Å². The van der Waals surface area contributed by atoms with Gasteiger partial charge in [-0.3, -0.25) is 0 Å². The molecule has 0 spiro atoms. The lowest BCUT2D eigenvalue weighted by atomic mass is 9.99. The third-order valence-corrected chi connectivity index (χ3v) is 11.8. The van der Waals surface area contributed by atoms with E-state index in [2.05, 4.69) is 34.6 Å². The van der Waals surface area contributed by atoms with Crippen molar-refractivity contribution in [1.82, 2.24) is 0 Å². The Hall–Kier alpha value is 0.447. The fourth-order valence-corrected chi connectivity index (χ4v) is 8.59. The average Bonchev–Trinajstić information content (AvgIpc) is 3.04. The summed E-state index contributed by atoms with van der Waals surface area (Å²) in [5.74, 6) is 0.604. The molecular weight excluding hydrogens is 613 g/mol. The molecule has 284 valence electrons. The van der Waals surface area contributed by atoms with E-state index in [4.69, 9.17) is 25.9 Å². The Bertz CT molecular complexity index is 552. The minimum atomic E-state index is -2.16. The zero-order valence-electron chi connectivity index (χ0n) is 33.0. The van der Waals surface area contributed by atoms with Gasteiger partial charge in [0.2, 0.25) is 0 Å². The highest BCUT2D eigenvalue weighted by Gasteiger charge is 2.24. The molecule has 0 aliphatic heterocycles. The molecule has 2 unspecified atom stereocenters. The number of unbranched alkanes of at least 4 members (excludes halogenated alkanes) is 26. The van der Waals surface area contributed by atoms with Crippen molar-refractivity contribution in [3.8, 4) is 0 Å². The molecule has 0 N–H and O–H groups in total. The molecular formula is C42H88O3SSi. The third-order valence-electron chi connectivity index (χ3n) is 9.72. The SMILES string of the molecule is CCCCCCCCCCCCO[SiH](OCCCCCCCCCCCC)OC(CC(C)C)CC(S)CCCCCCCCCCC. The van der Waals surface area contributed by atoms with Crippen molar-refractivity contribution >= 4 is 22.2 Å². The lowest BCUT2D eigenvalue weighted by molar-refractivity contribution is 0.0430. The van der Waals surface area contributed by atoms with Crippen LogP contribution in [-0.4, -0.2) is 34.1 Å². The van der Waals surface area contributed by atoms with Gasteiger partial charge in [0.05, 0.1) is 6.10 Å². The summed E-state index contributed by atoms with van der Waals surface area (Å²) in [5, 5.41) is 0.405. The Morgan fingerprint density at radius 2 is 0.745 bits per heavy atom. The second-order valence-electron chi connectivity index (χ2n) is 15.3. The van der Waals surface area contributed by atoms with E-state index in [1.807, 2.05) is 0 Å². The van der Waals surface area contributed by atoms with Crippen molar-refractivity contribution in [3.05, 3.63) is 0 Å². The van der Waals surface area contributed by atoms with Crippen LogP contribution in [0, 0.1) is 5.92 Å². The molecule has 0 rings (SSSR count). The lowest BCUT2D eigenvalue weighted by Gasteiger charge is -2.27. The Kier molecular flexibility index (Phi) is 39.6. The van der Waals surface area contributed by atoms with Crippen molar-refractivity contribution in [2.75, 3.05) is 13.2 Å². The second-order valence-corrected chi connectivity index (χ2v) is 17.5. The largest absolute Gasteiger partial charge is 0.484 e. The van der Waals surface area contributed by atoms with Crippen molar-refractivity contribution in [2.24, 2.45) is 5.92 Å². The van der Waals surface area contributed by atoms with Gasteiger partial charge in [-0.15, -0.1) is 0 Å². The van der Waals surface area contributed by atoms with E-state index >= 15 is 0 Å². The van der Waals surface area contributed by atoms with E-state index in [0.29, 0.717) is 11.2 Å². The molecule has 0 aromatic carbocycles. The van der Waals surface area contributed by atoms with Crippen LogP contribution in [0.3, 0.4) is 0 Å². The van der Waals surface area contributed by atoms with E-state index in [1.165, 1.54) is 180 Å². The smallest absolute Gasteiger partial charge is 0.376 e. The van der Waals surface area contributed by atoms with Gasteiger partial charge in [-0.1, -0.05) is 208 Å². The number of hydrogen-bond acceptors (Lipinski definition) is 4. The molecule has 3 nitrogen and oxygen atoms in total. The zero-order chi connectivity index (χ0) is 34.5. The number of rotatable bonds is 40. The summed E-state index contributed by atoms with van der Waals surface area (Å²) in [5.41, 5.74) is 0. The molecule has 47 heavy (non-hydrogen) atoms. The highest BCUT2D eigenvalue weighted by atomic mass is 32.1. The molecule has 0 fully saturated rings. The minimum Gasteiger partial charge on any atom is -0.376 e. The van der Waals surface area contributed by atoms with Crippen LogP contribution in [0.25, 0.3) is 0 Å². The maximum atomic E-state index is 6.75. The summed E-state index contributed by atoms with van der Waals surface area (Å²) in [7, 11) is -2.16. The van der Waals surface area contributed by atoms with Gasteiger partial charge in [0.1, 0.15) is 0 Å². The predicted octanol–water partition coefficient (Wildman–Crippen LogP) is 14.6. The van der Waals surface area contributed by atoms with Crippen LogP contribution in [0.4, 0.5) is 0 Å². The monoisotopic (exact) mass is 701 g/mol. The molecule has 0 saturated carbocycles. The number of hydrogen-bond donors (Lipinski definition) is 1. The van der Waals surface area contributed by atoms with Gasteiger partial charge in [0.15, 0.2) is 0 Å². The molecule has 0 aromatic rings. The van der Waals surface area contributed by atoms with Gasteiger partial charge in [-0.05, 0) is 38.0 Å². The van der Waals surface area contributed by atoms with Gasteiger partial charge in [0.25, 0.3) is 0 Å². The number of thiol groups is 1. The molecule has 0 bridgehead atoms. The highest BCUT2D eigenvalue weighted by Crippen LogP contribution is 2.22. The lowest BCUT2D eigenvalue weighted by Crippen LogP contribution is -2.35. The van der Waals surface area contributed by atoms with Crippen LogP contribution in [-0.2, 0) is 13.3 Å². The zero-order valence-corrected chi connectivity index (χ0v) is 35.1. The summed E-state index contributed by atoms with van der Waals surface area (Å²) < 4.78 is 19.6. The first kappa shape index (κ1) is 47.4. The maximum absolute atomic E-state index is 6.75. The van der Waals surface area contributed by atoms with E-state index in [1.54, 1.807) is 0 Å². The molecule has 0 amide bonds. The maximum Gasteiger partial charge on any atom is 0.484 e. The topological polar surface area (TPSA) is 27.7 Å². The Labute approximate surface area is 305 Å². The summed E-state index contributed by atoms with van der Waals surface area (Å²) in [6.45, 7) is 13.1. The molecule has 5 heteroatoms. The molecule has 0 saturated heterocycles. The Morgan fingerprint density at radius 3 is 1.09 bits per heavy atom. The Morgan fingerprint density at radius 1 is 0.426 bits per heavy atom. The standard InChI is InChI=1S/C42H88O3SSi/c1-6-9-12-15-18-21-24-27-30-33-36-43-47(44-37-34-31-28-25-22-19-16-13-10-7-2)45-41(38-40(4)5)39-42(46)35-32-29-26-23-20-17-14-11-8-3/h40-42,46-47H,6-39H2,1-5H3. The highest BCUT2D eigenvalue weighted by molar-refractivity contribution is 7.80. The molecule has 0 radical (unpaired) electrons. The Balaban J connectivity index is 4.54. The molecule has 0 aliphatic carbocycles. The molecule has 0 heterocycles. The van der Waals surface area contributed by atoms with Crippen LogP contribution in [0.15, 0.2) is 0 Å². The third kappa shape index (κ3) is 37.5. The summed E-state index contributed by atoms with van der Waals surface area (Å²) in [6, 6.07) is 0. The van der Waals surface area contributed by atoms with Crippen molar-refractivity contribution in [3.63, 3.8) is 0 Å². The van der Waals surface area contributed by atoms with Crippen LogP contribution in [0.2, 0.25) is 0 Å². The van der Waals surface area contributed by atoms with E-state index in [9.17, 15) is 0 Å². The average molecular weight is 701 g/mol. The summed E-state index contributed by atoms with van der Waals surface area (Å²) in [6.07, 6.45) is 42.9. The fourth-order valence-electron chi connectivity index (χ4n) is 6.67. The molecule has 2 atom stereocenters. The predicted molar refractivity (Wildman–Crippen MR) is 216 cm³/mol. The van der Waals surface area contributed by atoms with E-state index < -0.39 is 9.53 Å². The van der Waals surface area contributed by atoms with Gasteiger partial charge < -0.3 is 13.3 Å². The molecule has 0 aliphatic rings. The fraction of sp³-hybridized carbons (Fsp3) is 1.00. The summed E-state index contributed by atoms with van der Waals surface area (Å²) in [4.78, 5) is 0. The first-order chi connectivity index (χ1) is 23.0. The minimum absolute atomic E-state index is 0.202. The normalized spacial score (nSPS) is 13.3. The molecule has 0 aromatic heterocycles. The van der Waals surface area contributed by atoms with Gasteiger partial charge in [-0.25, -0.2) is 0 Å². The van der Waals surface area contributed by atoms with Crippen LogP contribution in [0.1, 0.15) is 240 Å². The first-order valence-corrected chi connectivity index (χ1v) is 23.5. The van der Waals surface area contributed by atoms with Gasteiger partial charge in [-0.2, -0.15) is 12.6 Å². The van der Waals surface area contributed by atoms with Crippen LogP contribution >= 0.6 is 12.6 Å². The second kappa shape index (κ2) is 39.2. The van der Waals surface area contributed by atoms with E-state index in [0.717, 1.165) is 38.9 Å². The summed E-state index contributed by atoms with van der Waals surface area (Å²) >= 11 is 5.05. The van der Waals surface area contributed by atoms with E-state index in [-0.39, 0.29) is 6.10 Å². The van der Waals surface area contributed by atoms with Crippen molar-refractivity contribution in [1.29, 1.82) is 0 Å². The van der Waals surface area contributed by atoms with Crippen LogP contribution in [0.5, 0.6) is 0 Å². The van der Waals surface area contributed by atoms with Crippen molar-refractivity contribution in [2.45, 2.75) is 251 Å². The van der Waals surface area contributed by atoms with Crippen LogP contribution < -0.4 is 0 Å². The van der Waals surface area contributed by atoms with Gasteiger partial charge >= 0.3 is 9.53 Å². The first-order valence-electron chi connectivity index (χ1n) is 21.6. The quantitative estimate of drug-likeness (QED) is 0.0392.